The lowest BCUT2D eigenvalue weighted by Crippen LogP contribution is -2.06. The van der Waals surface area contributed by atoms with Gasteiger partial charge in [0.25, 0.3) is 0 Å². The van der Waals surface area contributed by atoms with Crippen LogP contribution in [0.3, 0.4) is 0 Å². The molecule has 0 aliphatic carbocycles. The molecule has 5 nitrogen and oxygen atoms in total. The van der Waals surface area contributed by atoms with E-state index in [1.54, 1.807) is 0 Å². The molecule has 0 bridgehead atoms. The molecule has 60 heavy (non-hydrogen) atoms. The van der Waals surface area contributed by atoms with Crippen molar-refractivity contribution in [1.29, 1.82) is 0 Å². The van der Waals surface area contributed by atoms with Crippen molar-refractivity contribution in [3.63, 3.8) is 0 Å². The standard InChI is InChI=1S/C55H32N4O/c1-2-11-37-27-42(22-19-33(37)9-1)34-17-20-36(21-18-34)53-56-54(43-24-26-50-45(30-43)46-28-38-12-4-6-15-41(38)32-51(46)60-50)58-55(57-53)59-48-25-23-35-10-7-8-16-44(35)52(48)47-29-39-13-3-5-14-40(39)31-49(47)59/h1-32H. The van der Waals surface area contributed by atoms with E-state index in [1.807, 2.05) is 6.07 Å². The van der Waals surface area contributed by atoms with Crippen LogP contribution in [-0.2, 0) is 0 Å². The molecule has 0 aliphatic rings. The number of nitrogens with zero attached hydrogens (tertiary/aromatic N) is 4. The molecule has 278 valence electrons. The van der Waals surface area contributed by atoms with Gasteiger partial charge in [-0.25, -0.2) is 4.98 Å². The highest BCUT2D eigenvalue weighted by Crippen LogP contribution is 2.40. The first-order valence-electron chi connectivity index (χ1n) is 20.2. The van der Waals surface area contributed by atoms with Gasteiger partial charge in [-0.3, -0.25) is 4.57 Å². The third-order valence-corrected chi connectivity index (χ3v) is 12.2. The van der Waals surface area contributed by atoms with Crippen LogP contribution < -0.4 is 0 Å². The van der Waals surface area contributed by atoms with Crippen molar-refractivity contribution < 1.29 is 4.42 Å². The summed E-state index contributed by atoms with van der Waals surface area (Å²) in [4.78, 5) is 15.9. The van der Waals surface area contributed by atoms with Crippen molar-refractivity contribution in [3.05, 3.63) is 194 Å². The van der Waals surface area contributed by atoms with Crippen molar-refractivity contribution in [3.8, 4) is 39.9 Å². The Labute approximate surface area is 343 Å². The number of rotatable bonds is 4. The van der Waals surface area contributed by atoms with Crippen LogP contribution in [-0.4, -0.2) is 19.5 Å². The molecule has 0 atom stereocenters. The molecule has 13 rings (SSSR count). The zero-order valence-electron chi connectivity index (χ0n) is 32.2. The number of furan rings is 1. The summed E-state index contributed by atoms with van der Waals surface area (Å²) in [5, 5.41) is 13.9. The zero-order valence-corrected chi connectivity index (χ0v) is 32.2. The Bertz CT molecular complexity index is 3900. The predicted molar refractivity (Wildman–Crippen MR) is 248 cm³/mol. The minimum absolute atomic E-state index is 0.558. The highest BCUT2D eigenvalue weighted by molar-refractivity contribution is 6.23. The average molecular weight is 765 g/mol. The van der Waals surface area contributed by atoms with Crippen molar-refractivity contribution in [2.75, 3.05) is 0 Å². The fraction of sp³-hybridized carbons (Fsp3) is 0. The van der Waals surface area contributed by atoms with Crippen molar-refractivity contribution in [2.24, 2.45) is 0 Å². The maximum absolute atomic E-state index is 6.41. The molecule has 0 amide bonds. The summed E-state index contributed by atoms with van der Waals surface area (Å²) in [5.74, 6) is 1.74. The molecule has 0 saturated carbocycles. The molecule has 0 unspecified atom stereocenters. The lowest BCUT2D eigenvalue weighted by molar-refractivity contribution is 0.669. The summed E-state index contributed by atoms with van der Waals surface area (Å²) in [6.07, 6.45) is 0. The lowest BCUT2D eigenvalue weighted by atomic mass is 10.00. The van der Waals surface area contributed by atoms with Gasteiger partial charge in [0.05, 0.1) is 11.0 Å². The molecule has 0 radical (unpaired) electrons. The van der Waals surface area contributed by atoms with Gasteiger partial charge in [0.15, 0.2) is 11.6 Å². The quantitative estimate of drug-likeness (QED) is 0.179. The van der Waals surface area contributed by atoms with Crippen molar-refractivity contribution >= 4 is 86.8 Å². The Morgan fingerprint density at radius 3 is 1.63 bits per heavy atom. The Morgan fingerprint density at radius 2 is 0.867 bits per heavy atom. The van der Waals surface area contributed by atoms with Gasteiger partial charge in [0, 0.05) is 32.7 Å². The van der Waals surface area contributed by atoms with Crippen LogP contribution in [0.1, 0.15) is 0 Å². The molecule has 0 fully saturated rings. The van der Waals surface area contributed by atoms with Gasteiger partial charge in [-0.2, -0.15) is 9.97 Å². The first-order valence-corrected chi connectivity index (χ1v) is 20.2. The SMILES string of the molecule is c1ccc2cc(-c3ccc(-c4nc(-c5ccc6oc7cc8ccccc8cc7c6c5)nc(-n5c6cc7ccccc7cc6c6c7ccccc7ccc65)n4)cc3)ccc2c1. The molecule has 10 aromatic carbocycles. The fourth-order valence-corrected chi connectivity index (χ4v) is 9.19. The Hall–Kier alpha value is -8.15. The number of hydrogen-bond donors (Lipinski definition) is 0. The normalized spacial score (nSPS) is 12.0. The summed E-state index contributed by atoms with van der Waals surface area (Å²) < 4.78 is 8.63. The lowest BCUT2D eigenvalue weighted by Gasteiger charge is -2.12. The number of aromatic nitrogens is 4. The Morgan fingerprint density at radius 1 is 0.317 bits per heavy atom. The maximum atomic E-state index is 6.41. The summed E-state index contributed by atoms with van der Waals surface area (Å²) in [6.45, 7) is 0. The molecule has 5 heteroatoms. The van der Waals surface area contributed by atoms with E-state index in [0.717, 1.165) is 71.4 Å². The largest absolute Gasteiger partial charge is 0.456 e. The van der Waals surface area contributed by atoms with Crippen LogP contribution in [0.2, 0.25) is 0 Å². The van der Waals surface area contributed by atoms with E-state index in [2.05, 4.69) is 193 Å². The molecule has 0 N–H and O–H groups in total. The van der Waals surface area contributed by atoms with Gasteiger partial charge >= 0.3 is 0 Å². The van der Waals surface area contributed by atoms with Crippen molar-refractivity contribution in [2.45, 2.75) is 0 Å². The van der Waals surface area contributed by atoms with E-state index in [4.69, 9.17) is 19.4 Å². The number of fused-ring (bicyclic) bond motifs is 11. The number of hydrogen-bond acceptors (Lipinski definition) is 4. The van der Waals surface area contributed by atoms with Gasteiger partial charge in [-0.05, 0) is 109 Å². The fourth-order valence-electron chi connectivity index (χ4n) is 9.19. The topological polar surface area (TPSA) is 56.7 Å². The number of benzene rings is 10. The smallest absolute Gasteiger partial charge is 0.238 e. The van der Waals surface area contributed by atoms with Crippen LogP contribution in [0.15, 0.2) is 199 Å². The van der Waals surface area contributed by atoms with E-state index in [-0.39, 0.29) is 0 Å². The van der Waals surface area contributed by atoms with Crippen molar-refractivity contribution in [1.82, 2.24) is 19.5 Å². The van der Waals surface area contributed by atoms with Crippen LogP contribution in [0.5, 0.6) is 0 Å². The first-order chi connectivity index (χ1) is 29.7. The summed E-state index contributed by atoms with van der Waals surface area (Å²) in [7, 11) is 0. The zero-order chi connectivity index (χ0) is 39.3. The van der Waals surface area contributed by atoms with E-state index >= 15 is 0 Å². The van der Waals surface area contributed by atoms with E-state index in [0.29, 0.717) is 17.6 Å². The predicted octanol–water partition coefficient (Wildman–Crippen LogP) is 14.5. The molecule has 3 aromatic heterocycles. The van der Waals surface area contributed by atoms with Crippen LogP contribution in [0.25, 0.3) is 127 Å². The van der Waals surface area contributed by atoms with E-state index in [9.17, 15) is 0 Å². The van der Waals surface area contributed by atoms with Gasteiger partial charge < -0.3 is 4.42 Å². The Balaban J connectivity index is 1.05. The minimum atomic E-state index is 0.558. The van der Waals surface area contributed by atoms with Crippen LogP contribution in [0, 0.1) is 0 Å². The van der Waals surface area contributed by atoms with E-state index in [1.165, 1.54) is 37.7 Å². The molecular weight excluding hydrogens is 733 g/mol. The average Bonchev–Trinajstić information content (AvgIpc) is 3.84. The van der Waals surface area contributed by atoms with Gasteiger partial charge in [0.1, 0.15) is 11.2 Å². The second-order valence-electron chi connectivity index (χ2n) is 15.7. The third kappa shape index (κ3) is 5.09. The maximum Gasteiger partial charge on any atom is 0.238 e. The molecular formula is C55H32N4O. The summed E-state index contributed by atoms with van der Waals surface area (Å²) >= 11 is 0. The van der Waals surface area contributed by atoms with E-state index < -0.39 is 0 Å². The minimum Gasteiger partial charge on any atom is -0.456 e. The van der Waals surface area contributed by atoms with Gasteiger partial charge in [0.2, 0.25) is 5.95 Å². The van der Waals surface area contributed by atoms with Crippen LogP contribution in [0.4, 0.5) is 0 Å². The molecule has 0 saturated heterocycles. The summed E-state index contributed by atoms with van der Waals surface area (Å²) in [6, 6.07) is 68.8. The van der Waals surface area contributed by atoms with Crippen LogP contribution >= 0.6 is 0 Å². The second kappa shape index (κ2) is 12.7. The van der Waals surface area contributed by atoms with Gasteiger partial charge in [-0.1, -0.05) is 140 Å². The summed E-state index contributed by atoms with van der Waals surface area (Å²) in [5.41, 5.74) is 7.84. The highest BCUT2D eigenvalue weighted by atomic mass is 16.3. The van der Waals surface area contributed by atoms with Gasteiger partial charge in [-0.15, -0.1) is 0 Å². The molecule has 3 heterocycles. The first kappa shape index (κ1) is 32.9. The molecule has 0 aliphatic heterocycles. The third-order valence-electron chi connectivity index (χ3n) is 12.2. The molecule has 0 spiro atoms. The highest BCUT2D eigenvalue weighted by Gasteiger charge is 2.21. The second-order valence-corrected chi connectivity index (χ2v) is 15.7. The monoisotopic (exact) mass is 764 g/mol. The molecule has 13 aromatic rings. The Kier molecular flexibility index (Phi) is 6.95.